The number of benzene rings is 1. The molecular formula is C20H21FN2O4. The average Bonchev–Trinajstić information content (AvgIpc) is 2.61. The van der Waals surface area contributed by atoms with Gasteiger partial charge < -0.3 is 15.1 Å². The van der Waals surface area contributed by atoms with Crippen LogP contribution in [0.3, 0.4) is 0 Å². The maximum atomic E-state index is 12.1. The molecule has 1 aliphatic heterocycles. The van der Waals surface area contributed by atoms with Crippen LogP contribution in [0, 0.1) is 0 Å². The topological polar surface area (TPSA) is 90.7 Å². The number of hydrogen-bond donors (Lipinski definition) is 2. The summed E-state index contributed by atoms with van der Waals surface area (Å²) in [4.78, 5) is 29.2. The number of aromatic hydroxyl groups is 2. The Balaban J connectivity index is 0.000000279. The molecule has 2 N–H and O–H groups in total. The third-order valence-electron chi connectivity index (χ3n) is 3.88. The van der Waals surface area contributed by atoms with Gasteiger partial charge in [0.2, 0.25) is 0 Å². The summed E-state index contributed by atoms with van der Waals surface area (Å²) in [5.74, 6) is -1.73. The zero-order chi connectivity index (χ0) is 20.3. The quantitative estimate of drug-likeness (QED) is 0.588. The maximum Gasteiger partial charge on any atom is 0.258 e. The van der Waals surface area contributed by atoms with Crippen LogP contribution >= 0.6 is 0 Å². The van der Waals surface area contributed by atoms with Crippen LogP contribution in [0.4, 0.5) is 4.39 Å². The second-order valence-electron chi connectivity index (χ2n) is 6.43. The Morgan fingerprint density at radius 2 is 1.81 bits per heavy atom. The van der Waals surface area contributed by atoms with Crippen molar-refractivity contribution in [3.05, 3.63) is 53.0 Å². The molecule has 0 atom stereocenters. The van der Waals surface area contributed by atoms with Crippen LogP contribution in [0.1, 0.15) is 41.5 Å². The van der Waals surface area contributed by atoms with Gasteiger partial charge in [0.25, 0.3) is 5.91 Å². The Labute approximate surface area is 156 Å². The van der Waals surface area contributed by atoms with E-state index in [9.17, 15) is 24.2 Å². The Hall–Kier alpha value is -3.22. The lowest BCUT2D eigenvalue weighted by atomic mass is 9.93. The van der Waals surface area contributed by atoms with Crippen LogP contribution in [-0.2, 0) is 0 Å². The number of halogens is 1. The van der Waals surface area contributed by atoms with Crippen LogP contribution in [0.2, 0.25) is 0 Å². The maximum absolute atomic E-state index is 12.1. The second kappa shape index (κ2) is 7.99. The number of amides is 1. The van der Waals surface area contributed by atoms with Crippen molar-refractivity contribution in [2.75, 3.05) is 13.6 Å². The number of fused-ring (bicyclic) bond motifs is 2. The van der Waals surface area contributed by atoms with Gasteiger partial charge in [0, 0.05) is 18.6 Å². The van der Waals surface area contributed by atoms with Crippen LogP contribution in [0.5, 0.6) is 11.5 Å². The highest BCUT2D eigenvalue weighted by Crippen LogP contribution is 2.40. The molecule has 2 aromatic rings. The molecule has 0 bridgehead atoms. The Kier molecular flexibility index (Phi) is 5.95. The predicted molar refractivity (Wildman–Crippen MR) is 101 cm³/mol. The SMILES string of the molecule is CC(C)=C/C=C(\C)F.CN1CC(=O)c2c(c(O)c3ncccc3c2O)C1=O. The van der Waals surface area contributed by atoms with Gasteiger partial charge in [-0.25, -0.2) is 4.39 Å². The van der Waals surface area contributed by atoms with E-state index in [-0.39, 0.29) is 45.9 Å². The minimum atomic E-state index is -0.505. The standard InChI is InChI=1S/C13H10N2O4.C7H11F/c1-15-5-7(16)8-9(13(15)19)12(18)10-6(11(8)17)3-2-4-14-10;1-6(2)4-5-7(3)8/h2-4,17-18H,5H2,1H3;4-5H,1-3H3/b;7-5+. The number of allylic oxidation sites excluding steroid dienone is 4. The van der Waals surface area contributed by atoms with Crippen molar-refractivity contribution >= 4 is 22.6 Å². The van der Waals surface area contributed by atoms with E-state index in [1.807, 2.05) is 13.8 Å². The fraction of sp³-hybridized carbons (Fsp3) is 0.250. The van der Waals surface area contributed by atoms with E-state index in [1.165, 1.54) is 37.2 Å². The zero-order valence-electron chi connectivity index (χ0n) is 15.6. The Bertz CT molecular complexity index is 956. The van der Waals surface area contributed by atoms with Crippen LogP contribution in [0.15, 0.2) is 41.9 Å². The Morgan fingerprint density at radius 1 is 1.15 bits per heavy atom. The highest BCUT2D eigenvalue weighted by molar-refractivity contribution is 6.20. The summed E-state index contributed by atoms with van der Waals surface area (Å²) in [5.41, 5.74) is 0.917. The summed E-state index contributed by atoms with van der Waals surface area (Å²) in [6.07, 6.45) is 4.64. The Morgan fingerprint density at radius 3 is 2.37 bits per heavy atom. The summed E-state index contributed by atoms with van der Waals surface area (Å²) < 4.78 is 11.9. The van der Waals surface area contributed by atoms with Gasteiger partial charge in [-0.05, 0) is 39.0 Å². The zero-order valence-corrected chi connectivity index (χ0v) is 15.6. The lowest BCUT2D eigenvalue weighted by Gasteiger charge is -2.25. The second-order valence-corrected chi connectivity index (χ2v) is 6.43. The molecule has 0 spiro atoms. The van der Waals surface area contributed by atoms with Gasteiger partial charge in [0.1, 0.15) is 11.3 Å². The molecule has 2 heterocycles. The van der Waals surface area contributed by atoms with Crippen molar-refractivity contribution in [3.63, 3.8) is 0 Å². The van der Waals surface area contributed by atoms with E-state index >= 15 is 0 Å². The minimum absolute atomic E-state index is 0.107. The number of ketones is 1. The molecule has 0 radical (unpaired) electrons. The van der Waals surface area contributed by atoms with Crippen molar-refractivity contribution in [1.82, 2.24) is 9.88 Å². The normalized spacial score (nSPS) is 13.8. The summed E-state index contributed by atoms with van der Waals surface area (Å²) >= 11 is 0. The number of hydrogen-bond acceptors (Lipinski definition) is 5. The van der Waals surface area contributed by atoms with Gasteiger partial charge >= 0.3 is 0 Å². The highest BCUT2D eigenvalue weighted by Gasteiger charge is 2.35. The van der Waals surface area contributed by atoms with Gasteiger partial charge in [-0.1, -0.05) is 11.6 Å². The molecule has 1 aromatic heterocycles. The number of nitrogens with zero attached hydrogens (tertiary/aromatic N) is 2. The fourth-order valence-corrected chi connectivity index (χ4v) is 2.59. The van der Waals surface area contributed by atoms with Crippen molar-refractivity contribution in [2.45, 2.75) is 20.8 Å². The number of rotatable bonds is 1. The van der Waals surface area contributed by atoms with E-state index in [0.717, 1.165) is 5.57 Å². The third-order valence-corrected chi connectivity index (χ3v) is 3.88. The summed E-state index contributed by atoms with van der Waals surface area (Å²) in [6.45, 7) is 5.17. The molecule has 0 fully saturated rings. The number of carbonyl (C=O) groups excluding carboxylic acids is 2. The molecule has 0 saturated carbocycles. The predicted octanol–water partition coefficient (Wildman–Crippen LogP) is 3.74. The lowest BCUT2D eigenvalue weighted by molar-refractivity contribution is 0.0714. The summed E-state index contributed by atoms with van der Waals surface area (Å²) in [6, 6.07) is 3.11. The molecule has 1 amide bonds. The minimum Gasteiger partial charge on any atom is -0.506 e. The number of Topliss-reactive ketones (excluding diaryl/α,β-unsaturated/α-hetero) is 1. The third kappa shape index (κ3) is 4.13. The molecule has 7 heteroatoms. The molecule has 0 aliphatic carbocycles. The van der Waals surface area contributed by atoms with Crippen molar-refractivity contribution < 1.29 is 24.2 Å². The average molecular weight is 372 g/mol. The molecular weight excluding hydrogens is 351 g/mol. The smallest absolute Gasteiger partial charge is 0.258 e. The van der Waals surface area contributed by atoms with Crippen molar-refractivity contribution in [3.8, 4) is 11.5 Å². The van der Waals surface area contributed by atoms with Gasteiger partial charge in [-0.15, -0.1) is 0 Å². The molecule has 0 unspecified atom stereocenters. The van der Waals surface area contributed by atoms with E-state index < -0.39 is 11.7 Å². The van der Waals surface area contributed by atoms with E-state index in [1.54, 1.807) is 12.1 Å². The lowest BCUT2D eigenvalue weighted by Crippen LogP contribution is -2.38. The summed E-state index contributed by atoms with van der Waals surface area (Å²) in [5, 5.41) is 20.6. The number of phenols is 2. The summed E-state index contributed by atoms with van der Waals surface area (Å²) in [7, 11) is 1.46. The first-order chi connectivity index (χ1) is 12.6. The van der Waals surface area contributed by atoms with Crippen LogP contribution in [0.25, 0.3) is 10.9 Å². The van der Waals surface area contributed by atoms with Crippen molar-refractivity contribution in [1.29, 1.82) is 0 Å². The van der Waals surface area contributed by atoms with E-state index in [4.69, 9.17) is 0 Å². The number of aromatic nitrogens is 1. The molecule has 27 heavy (non-hydrogen) atoms. The molecule has 1 aliphatic rings. The first kappa shape index (κ1) is 20.1. The fourth-order valence-electron chi connectivity index (χ4n) is 2.59. The highest BCUT2D eigenvalue weighted by atomic mass is 19.1. The monoisotopic (exact) mass is 372 g/mol. The van der Waals surface area contributed by atoms with E-state index in [2.05, 4.69) is 4.98 Å². The number of phenolic OH excluding ortho intramolecular Hbond substituents is 2. The molecule has 6 nitrogen and oxygen atoms in total. The van der Waals surface area contributed by atoms with Gasteiger partial charge in [0.15, 0.2) is 11.5 Å². The molecule has 142 valence electrons. The first-order valence-corrected chi connectivity index (χ1v) is 8.23. The number of carbonyl (C=O) groups is 2. The molecule has 0 saturated heterocycles. The van der Waals surface area contributed by atoms with Gasteiger partial charge in [0.05, 0.1) is 23.5 Å². The largest absolute Gasteiger partial charge is 0.506 e. The number of pyridine rings is 1. The van der Waals surface area contributed by atoms with E-state index in [0.29, 0.717) is 0 Å². The van der Waals surface area contributed by atoms with Gasteiger partial charge in [-0.3, -0.25) is 14.6 Å². The van der Waals surface area contributed by atoms with Crippen LogP contribution < -0.4 is 0 Å². The molecule has 3 rings (SSSR count). The van der Waals surface area contributed by atoms with Gasteiger partial charge in [-0.2, -0.15) is 0 Å². The number of likely N-dealkylation sites (N-methyl/N-ethyl adjacent to an activating group) is 1. The first-order valence-electron chi connectivity index (χ1n) is 8.23. The molecule has 1 aromatic carbocycles. The van der Waals surface area contributed by atoms with Crippen LogP contribution in [-0.4, -0.2) is 45.4 Å². The van der Waals surface area contributed by atoms with Crippen molar-refractivity contribution in [2.24, 2.45) is 0 Å².